The van der Waals surface area contributed by atoms with E-state index in [1.807, 2.05) is 27.7 Å². The molecule has 3 heteroatoms. The van der Waals surface area contributed by atoms with Gasteiger partial charge >= 0.3 is 0 Å². The molecule has 1 amide bonds. The van der Waals surface area contributed by atoms with Crippen LogP contribution < -0.4 is 5.73 Å². The van der Waals surface area contributed by atoms with E-state index in [9.17, 15) is 9.59 Å². The molecule has 0 aliphatic heterocycles. The second-order valence-electron chi connectivity index (χ2n) is 4.36. The largest absolute Gasteiger partial charge is 0.370 e. The number of carbonyl (C=O) groups is 2. The quantitative estimate of drug-likeness (QED) is 0.757. The van der Waals surface area contributed by atoms with Gasteiger partial charge < -0.3 is 10.5 Å². The molecule has 0 aromatic rings. The van der Waals surface area contributed by atoms with Crippen molar-refractivity contribution in [3.05, 3.63) is 0 Å². The van der Waals surface area contributed by atoms with Crippen molar-refractivity contribution in [1.82, 2.24) is 0 Å². The third-order valence-corrected chi connectivity index (χ3v) is 1.31. The Morgan fingerprint density at radius 2 is 1.36 bits per heavy atom. The lowest BCUT2D eigenvalue weighted by atomic mass is 10.1. The van der Waals surface area contributed by atoms with Crippen LogP contribution in [0.5, 0.6) is 0 Å². The fourth-order valence-corrected chi connectivity index (χ4v) is 0.977. The minimum Gasteiger partial charge on any atom is -0.370 e. The predicted octanol–water partition coefficient (Wildman–Crippen LogP) is 2.14. The van der Waals surface area contributed by atoms with E-state index < -0.39 is 0 Å². The van der Waals surface area contributed by atoms with E-state index in [4.69, 9.17) is 5.73 Å². The highest BCUT2D eigenvalue weighted by molar-refractivity contribution is 5.75. The van der Waals surface area contributed by atoms with E-state index in [1.54, 1.807) is 6.92 Å². The molecule has 0 saturated heterocycles. The Kier molecular flexibility index (Phi) is 9.73. The van der Waals surface area contributed by atoms with Gasteiger partial charge in [-0.3, -0.25) is 4.79 Å². The summed E-state index contributed by atoms with van der Waals surface area (Å²) in [5, 5.41) is 0. The highest BCUT2D eigenvalue weighted by atomic mass is 16.1. The lowest BCUT2D eigenvalue weighted by Crippen LogP contribution is -2.12. The van der Waals surface area contributed by atoms with Crippen LogP contribution in [0.4, 0.5) is 0 Å². The van der Waals surface area contributed by atoms with Crippen LogP contribution in [0.1, 0.15) is 47.5 Å². The van der Waals surface area contributed by atoms with E-state index >= 15 is 0 Å². The Morgan fingerprint density at radius 1 is 1.00 bits per heavy atom. The molecule has 0 fully saturated rings. The molecule has 0 radical (unpaired) electrons. The van der Waals surface area contributed by atoms with Crippen LogP contribution in [0.25, 0.3) is 0 Å². The van der Waals surface area contributed by atoms with Gasteiger partial charge in [0.15, 0.2) is 0 Å². The van der Waals surface area contributed by atoms with Crippen molar-refractivity contribution < 1.29 is 9.59 Å². The highest BCUT2D eigenvalue weighted by Crippen LogP contribution is 1.97. The molecule has 0 bridgehead atoms. The van der Waals surface area contributed by atoms with E-state index in [-0.39, 0.29) is 11.7 Å². The molecule has 3 nitrogen and oxygen atoms in total. The molecule has 0 saturated carbocycles. The molecular formula is C11H23NO2. The Balaban J connectivity index is 0. The van der Waals surface area contributed by atoms with Gasteiger partial charge in [-0.15, -0.1) is 0 Å². The minimum absolute atomic E-state index is 0.213. The third kappa shape index (κ3) is 22.5. The summed E-state index contributed by atoms with van der Waals surface area (Å²) in [6.45, 7) is 9.64. The summed E-state index contributed by atoms with van der Waals surface area (Å²) in [6, 6.07) is 0. The smallest absolute Gasteiger partial charge is 0.217 e. The molecule has 0 heterocycles. The van der Waals surface area contributed by atoms with Crippen molar-refractivity contribution in [2.24, 2.45) is 17.6 Å². The minimum atomic E-state index is -0.213. The van der Waals surface area contributed by atoms with Crippen LogP contribution in [0.3, 0.4) is 0 Å². The van der Waals surface area contributed by atoms with Gasteiger partial charge in [0, 0.05) is 12.8 Å². The normalized spacial score (nSPS) is 9.64. The summed E-state index contributed by atoms with van der Waals surface area (Å²) in [5.74, 6) is 1.00. The molecule has 14 heavy (non-hydrogen) atoms. The second-order valence-corrected chi connectivity index (χ2v) is 4.36. The van der Waals surface area contributed by atoms with Crippen LogP contribution in [-0.2, 0) is 9.59 Å². The number of carbonyl (C=O) groups excluding carboxylic acids is 2. The first-order valence-corrected chi connectivity index (χ1v) is 5.03. The number of hydrogen-bond acceptors (Lipinski definition) is 2. The highest BCUT2D eigenvalue weighted by Gasteiger charge is 1.96. The number of nitrogens with two attached hydrogens (primary N) is 1. The number of primary amides is 1. The maximum Gasteiger partial charge on any atom is 0.217 e. The predicted molar refractivity (Wildman–Crippen MR) is 58.8 cm³/mol. The zero-order valence-corrected chi connectivity index (χ0v) is 9.96. The first-order chi connectivity index (χ1) is 6.25. The molecule has 0 unspecified atom stereocenters. The van der Waals surface area contributed by atoms with Crippen molar-refractivity contribution in [2.75, 3.05) is 0 Å². The zero-order valence-electron chi connectivity index (χ0n) is 9.96. The first-order valence-electron chi connectivity index (χ1n) is 5.03. The molecule has 0 aromatic carbocycles. The third-order valence-electron chi connectivity index (χ3n) is 1.31. The number of ketones is 1. The van der Waals surface area contributed by atoms with Crippen LogP contribution >= 0.6 is 0 Å². The molecule has 84 valence electrons. The maximum absolute atomic E-state index is 10.3. The van der Waals surface area contributed by atoms with Crippen molar-refractivity contribution in [3.63, 3.8) is 0 Å². The summed E-state index contributed by atoms with van der Waals surface area (Å²) in [4.78, 5) is 20.3. The number of rotatable bonds is 4. The van der Waals surface area contributed by atoms with Gasteiger partial charge in [0.05, 0.1) is 0 Å². The molecule has 0 aromatic heterocycles. The van der Waals surface area contributed by atoms with E-state index in [0.29, 0.717) is 18.3 Å². The van der Waals surface area contributed by atoms with Crippen molar-refractivity contribution in [1.29, 1.82) is 0 Å². The Labute approximate surface area is 87.1 Å². The number of hydrogen-bond donors (Lipinski definition) is 1. The number of amides is 1. The molecule has 0 aliphatic carbocycles. The van der Waals surface area contributed by atoms with Crippen LogP contribution in [0, 0.1) is 11.8 Å². The van der Waals surface area contributed by atoms with Gasteiger partial charge in [-0.1, -0.05) is 27.7 Å². The molecular weight excluding hydrogens is 178 g/mol. The average molecular weight is 201 g/mol. The Morgan fingerprint density at radius 3 is 1.36 bits per heavy atom. The van der Waals surface area contributed by atoms with Crippen molar-refractivity contribution >= 4 is 11.7 Å². The van der Waals surface area contributed by atoms with Crippen molar-refractivity contribution in [3.8, 4) is 0 Å². The molecule has 0 rings (SSSR count). The fraction of sp³-hybridized carbons (Fsp3) is 0.818. The maximum atomic E-state index is 10.3. The van der Waals surface area contributed by atoms with Crippen LogP contribution in [0.2, 0.25) is 0 Å². The molecule has 0 atom stereocenters. The zero-order chi connectivity index (χ0) is 11.7. The fourth-order valence-electron chi connectivity index (χ4n) is 0.977. The lowest BCUT2D eigenvalue weighted by molar-refractivity contribution is -0.119. The van der Waals surface area contributed by atoms with Gasteiger partial charge in [0.1, 0.15) is 5.78 Å². The van der Waals surface area contributed by atoms with Gasteiger partial charge in [-0.05, 0) is 18.8 Å². The molecule has 0 spiro atoms. The standard InChI is InChI=1S/C6H12O.C5H11NO/c1-5(2)4-6(3)7;1-4(2)3-5(6)7/h5H,4H2,1-3H3;4H,3H2,1-2H3,(H2,6,7). The SMILES string of the molecule is CC(=O)CC(C)C.CC(C)CC(N)=O. The molecule has 0 aliphatic rings. The van der Waals surface area contributed by atoms with Gasteiger partial charge in [-0.2, -0.15) is 0 Å². The van der Waals surface area contributed by atoms with Gasteiger partial charge in [0.2, 0.25) is 5.91 Å². The number of Topliss-reactive ketones (excluding diaryl/α,β-unsaturated/α-hetero) is 1. The van der Waals surface area contributed by atoms with Gasteiger partial charge in [-0.25, -0.2) is 0 Å². The lowest BCUT2D eigenvalue weighted by Gasteiger charge is -1.95. The van der Waals surface area contributed by atoms with Crippen LogP contribution in [-0.4, -0.2) is 11.7 Å². The first kappa shape index (κ1) is 15.6. The second kappa shape index (κ2) is 8.73. The molecule has 2 N–H and O–H groups in total. The Hall–Kier alpha value is -0.860. The van der Waals surface area contributed by atoms with E-state index in [1.165, 1.54) is 0 Å². The monoisotopic (exact) mass is 201 g/mol. The van der Waals surface area contributed by atoms with Crippen LogP contribution in [0.15, 0.2) is 0 Å². The van der Waals surface area contributed by atoms with E-state index in [2.05, 4.69) is 0 Å². The van der Waals surface area contributed by atoms with Crippen molar-refractivity contribution in [2.45, 2.75) is 47.5 Å². The van der Waals surface area contributed by atoms with Gasteiger partial charge in [0.25, 0.3) is 0 Å². The average Bonchev–Trinajstić information content (AvgIpc) is 1.79. The summed E-state index contributed by atoms with van der Waals surface area (Å²) >= 11 is 0. The summed E-state index contributed by atoms with van der Waals surface area (Å²) < 4.78 is 0. The Bertz CT molecular complexity index is 154. The summed E-state index contributed by atoms with van der Waals surface area (Å²) in [7, 11) is 0. The summed E-state index contributed by atoms with van der Waals surface area (Å²) in [6.07, 6.45) is 1.22. The summed E-state index contributed by atoms with van der Waals surface area (Å²) in [5.41, 5.74) is 4.85. The topological polar surface area (TPSA) is 60.2 Å². The van der Waals surface area contributed by atoms with E-state index in [0.717, 1.165) is 6.42 Å².